The van der Waals surface area contributed by atoms with E-state index in [0.29, 0.717) is 23.6 Å². The van der Waals surface area contributed by atoms with Crippen LogP contribution in [0.2, 0.25) is 0 Å². The zero-order chi connectivity index (χ0) is 11.4. The number of alkyl halides is 1. The van der Waals surface area contributed by atoms with E-state index in [4.69, 9.17) is 11.6 Å². The highest BCUT2D eigenvalue weighted by atomic mass is 35.5. The maximum atomic E-state index is 12.3. The number of amides is 1. The van der Waals surface area contributed by atoms with Gasteiger partial charge in [0.25, 0.3) is 0 Å². The second-order valence-electron chi connectivity index (χ2n) is 5.28. The van der Waals surface area contributed by atoms with Gasteiger partial charge >= 0.3 is 0 Å². The monoisotopic (exact) mass is 243 g/mol. The Balaban J connectivity index is 1.86. The van der Waals surface area contributed by atoms with Gasteiger partial charge in [0.1, 0.15) is 0 Å². The highest BCUT2D eigenvalue weighted by molar-refractivity contribution is 6.18. The third kappa shape index (κ3) is 2.91. The van der Waals surface area contributed by atoms with Crippen LogP contribution in [0.15, 0.2) is 0 Å². The molecule has 1 heterocycles. The van der Waals surface area contributed by atoms with Crippen molar-refractivity contribution in [3.8, 4) is 0 Å². The van der Waals surface area contributed by atoms with Crippen molar-refractivity contribution in [1.82, 2.24) is 4.90 Å². The molecule has 0 aromatic rings. The maximum Gasteiger partial charge on any atom is 0.225 e. The van der Waals surface area contributed by atoms with Crippen molar-refractivity contribution in [3.05, 3.63) is 0 Å². The van der Waals surface area contributed by atoms with Gasteiger partial charge in [-0.05, 0) is 25.2 Å². The molecule has 2 fully saturated rings. The summed E-state index contributed by atoms with van der Waals surface area (Å²) in [4.78, 5) is 14.4. The van der Waals surface area contributed by atoms with E-state index in [-0.39, 0.29) is 0 Å². The van der Waals surface area contributed by atoms with Crippen LogP contribution in [0, 0.1) is 11.8 Å². The zero-order valence-corrected chi connectivity index (χ0v) is 10.7. The number of hydrogen-bond donors (Lipinski definition) is 0. The Morgan fingerprint density at radius 3 is 2.38 bits per heavy atom. The van der Waals surface area contributed by atoms with Gasteiger partial charge in [0.15, 0.2) is 0 Å². The van der Waals surface area contributed by atoms with Crippen molar-refractivity contribution in [2.24, 2.45) is 11.8 Å². The molecule has 2 nitrogen and oxygen atoms in total. The molecule has 1 saturated heterocycles. The highest BCUT2D eigenvalue weighted by Crippen LogP contribution is 2.27. The molecule has 0 aromatic heterocycles. The zero-order valence-electron chi connectivity index (χ0n) is 9.96. The lowest BCUT2D eigenvalue weighted by Crippen LogP contribution is -2.34. The molecule has 0 aromatic carbocycles. The maximum absolute atomic E-state index is 12.3. The summed E-state index contributed by atoms with van der Waals surface area (Å²) >= 11 is 5.85. The number of rotatable bonds is 2. The van der Waals surface area contributed by atoms with Gasteiger partial charge in [-0.3, -0.25) is 4.79 Å². The summed E-state index contributed by atoms with van der Waals surface area (Å²) in [5.41, 5.74) is 0. The standard InChI is InChI=1S/C13H22ClNO/c14-9-11-7-8-15(10-11)13(16)12-5-3-1-2-4-6-12/h11-12H,1-10H2. The van der Waals surface area contributed by atoms with E-state index in [0.717, 1.165) is 32.4 Å². The minimum absolute atomic E-state index is 0.316. The second-order valence-corrected chi connectivity index (χ2v) is 5.59. The van der Waals surface area contributed by atoms with E-state index in [1.807, 2.05) is 0 Å². The van der Waals surface area contributed by atoms with Crippen LogP contribution in [0.1, 0.15) is 44.9 Å². The molecule has 1 aliphatic heterocycles. The molecule has 0 bridgehead atoms. The number of halogens is 1. The molecule has 1 amide bonds. The lowest BCUT2D eigenvalue weighted by Gasteiger charge is -2.22. The first-order valence-corrected chi connectivity index (χ1v) is 7.19. The largest absolute Gasteiger partial charge is 0.342 e. The molecule has 1 aliphatic carbocycles. The Morgan fingerprint density at radius 2 is 1.81 bits per heavy atom. The van der Waals surface area contributed by atoms with Crippen LogP contribution in [0.5, 0.6) is 0 Å². The summed E-state index contributed by atoms with van der Waals surface area (Å²) < 4.78 is 0. The Kier molecular flexibility index (Phi) is 4.51. The van der Waals surface area contributed by atoms with Crippen molar-refractivity contribution < 1.29 is 4.79 Å². The summed E-state index contributed by atoms with van der Waals surface area (Å²) in [6.07, 6.45) is 8.43. The number of nitrogens with zero attached hydrogens (tertiary/aromatic N) is 1. The average Bonchev–Trinajstić information content (AvgIpc) is 2.62. The first-order valence-electron chi connectivity index (χ1n) is 6.66. The second kappa shape index (κ2) is 5.90. The lowest BCUT2D eigenvalue weighted by molar-refractivity contribution is -0.135. The topological polar surface area (TPSA) is 20.3 Å². The van der Waals surface area contributed by atoms with E-state index in [1.54, 1.807) is 0 Å². The molecular weight excluding hydrogens is 222 g/mol. The number of carbonyl (C=O) groups excluding carboxylic acids is 1. The van der Waals surface area contributed by atoms with Crippen molar-refractivity contribution >= 4 is 17.5 Å². The van der Waals surface area contributed by atoms with Crippen LogP contribution in [-0.2, 0) is 4.79 Å². The van der Waals surface area contributed by atoms with Crippen molar-refractivity contribution in [1.29, 1.82) is 0 Å². The van der Waals surface area contributed by atoms with Gasteiger partial charge in [0.05, 0.1) is 0 Å². The smallest absolute Gasteiger partial charge is 0.225 e. The van der Waals surface area contributed by atoms with Crippen LogP contribution in [0.3, 0.4) is 0 Å². The summed E-state index contributed by atoms with van der Waals surface area (Å²) in [6, 6.07) is 0. The van der Waals surface area contributed by atoms with Gasteiger partial charge in [-0.1, -0.05) is 25.7 Å². The lowest BCUT2D eigenvalue weighted by atomic mass is 9.99. The molecule has 0 N–H and O–H groups in total. The minimum atomic E-state index is 0.316. The summed E-state index contributed by atoms with van der Waals surface area (Å²) in [5.74, 6) is 1.97. The average molecular weight is 244 g/mol. The molecule has 92 valence electrons. The Hall–Kier alpha value is -0.240. The summed E-state index contributed by atoms with van der Waals surface area (Å²) in [7, 11) is 0. The highest BCUT2D eigenvalue weighted by Gasteiger charge is 2.30. The fraction of sp³-hybridized carbons (Fsp3) is 0.923. The fourth-order valence-electron chi connectivity index (χ4n) is 2.94. The Labute approximate surface area is 103 Å². The van der Waals surface area contributed by atoms with Gasteiger partial charge in [0, 0.05) is 24.9 Å². The van der Waals surface area contributed by atoms with Crippen molar-refractivity contribution in [2.75, 3.05) is 19.0 Å². The van der Waals surface area contributed by atoms with Crippen LogP contribution in [0.4, 0.5) is 0 Å². The number of carbonyl (C=O) groups is 1. The molecule has 2 rings (SSSR count). The van der Waals surface area contributed by atoms with Crippen LogP contribution < -0.4 is 0 Å². The van der Waals surface area contributed by atoms with E-state index in [1.165, 1.54) is 25.7 Å². The fourth-order valence-corrected chi connectivity index (χ4v) is 3.20. The predicted molar refractivity (Wildman–Crippen MR) is 66.6 cm³/mol. The number of hydrogen-bond acceptors (Lipinski definition) is 1. The Morgan fingerprint density at radius 1 is 1.12 bits per heavy atom. The van der Waals surface area contributed by atoms with Crippen LogP contribution in [0.25, 0.3) is 0 Å². The predicted octanol–water partition coefficient (Wildman–Crippen LogP) is 3.04. The van der Waals surface area contributed by atoms with Crippen LogP contribution >= 0.6 is 11.6 Å². The third-order valence-corrected chi connectivity index (χ3v) is 4.46. The van der Waals surface area contributed by atoms with E-state index in [9.17, 15) is 4.79 Å². The Bertz CT molecular complexity index is 236. The van der Waals surface area contributed by atoms with Gasteiger partial charge < -0.3 is 4.90 Å². The molecule has 16 heavy (non-hydrogen) atoms. The minimum Gasteiger partial charge on any atom is -0.342 e. The molecule has 2 aliphatic rings. The van der Waals surface area contributed by atoms with Gasteiger partial charge in [-0.15, -0.1) is 11.6 Å². The normalized spacial score (nSPS) is 28.1. The molecule has 3 heteroatoms. The molecule has 0 radical (unpaired) electrons. The third-order valence-electron chi connectivity index (χ3n) is 4.02. The van der Waals surface area contributed by atoms with E-state index in [2.05, 4.69) is 4.90 Å². The SMILES string of the molecule is O=C(C1CCCCCC1)N1CCC(CCl)C1. The summed E-state index contributed by atoms with van der Waals surface area (Å²) in [6.45, 7) is 1.84. The van der Waals surface area contributed by atoms with E-state index >= 15 is 0 Å². The number of likely N-dealkylation sites (tertiary alicyclic amines) is 1. The van der Waals surface area contributed by atoms with Gasteiger partial charge in [0.2, 0.25) is 5.91 Å². The van der Waals surface area contributed by atoms with Crippen LogP contribution in [-0.4, -0.2) is 29.8 Å². The van der Waals surface area contributed by atoms with Gasteiger partial charge in [-0.25, -0.2) is 0 Å². The quantitative estimate of drug-likeness (QED) is 0.539. The molecule has 0 spiro atoms. The van der Waals surface area contributed by atoms with E-state index < -0.39 is 0 Å². The summed E-state index contributed by atoms with van der Waals surface area (Å²) in [5, 5.41) is 0. The molecule has 1 saturated carbocycles. The molecule has 1 atom stereocenters. The first-order chi connectivity index (χ1) is 7.81. The van der Waals surface area contributed by atoms with Crippen molar-refractivity contribution in [3.63, 3.8) is 0 Å². The van der Waals surface area contributed by atoms with Gasteiger partial charge in [-0.2, -0.15) is 0 Å². The van der Waals surface area contributed by atoms with Crippen molar-refractivity contribution in [2.45, 2.75) is 44.9 Å². The first kappa shape index (κ1) is 12.2. The molecule has 1 unspecified atom stereocenters. The molecular formula is C13H22ClNO.